The highest BCUT2D eigenvalue weighted by Crippen LogP contribution is 2.36. The lowest BCUT2D eigenvalue weighted by molar-refractivity contribution is 0.483. The van der Waals surface area contributed by atoms with Gasteiger partial charge in [-0.15, -0.1) is 0 Å². The Labute approximate surface area is 168 Å². The summed E-state index contributed by atoms with van der Waals surface area (Å²) < 4.78 is 31.1. The minimum absolute atomic E-state index is 0.0912. The molecule has 3 aromatic carbocycles. The maximum atomic E-state index is 12.4. The van der Waals surface area contributed by atoms with Gasteiger partial charge in [0.1, 0.15) is 4.90 Å². The average molecular weight is 495 g/mol. The van der Waals surface area contributed by atoms with Gasteiger partial charge in [0, 0.05) is 6.21 Å². The summed E-state index contributed by atoms with van der Waals surface area (Å²) in [4.78, 5) is 4.48. The lowest BCUT2D eigenvalue weighted by atomic mass is 10.2. The third-order valence-electron chi connectivity index (χ3n) is 3.36. The maximum Gasteiger partial charge on any atom is 0.339 e. The van der Waals surface area contributed by atoms with Gasteiger partial charge in [-0.05, 0) is 73.8 Å². The summed E-state index contributed by atoms with van der Waals surface area (Å²) in [5.74, 6) is 0.186. The van der Waals surface area contributed by atoms with Crippen molar-refractivity contribution in [1.29, 1.82) is 0 Å². The molecular weight excluding hydrogens is 482 g/mol. The molecule has 0 radical (unpaired) electrons. The summed E-state index contributed by atoms with van der Waals surface area (Å²) in [6.07, 6.45) is 1.69. The molecule has 0 aliphatic rings. The standard InChI is InChI=1S/C19H13Br2NO3S/c20-17-11-14(13-22-15-7-3-1-4-8-15)12-18(21)19(17)25-26(23,24)16-9-5-2-6-10-16/h1-13H. The van der Waals surface area contributed by atoms with Crippen LogP contribution in [0.4, 0.5) is 5.69 Å². The van der Waals surface area contributed by atoms with Gasteiger partial charge in [0.2, 0.25) is 0 Å². The molecule has 7 heteroatoms. The van der Waals surface area contributed by atoms with Crippen LogP contribution in [0.1, 0.15) is 5.56 Å². The number of halogens is 2. The third-order valence-corrected chi connectivity index (χ3v) is 5.78. The molecule has 0 atom stereocenters. The maximum absolute atomic E-state index is 12.4. The monoisotopic (exact) mass is 493 g/mol. The molecule has 3 rings (SSSR count). The van der Waals surface area contributed by atoms with Crippen molar-refractivity contribution in [2.45, 2.75) is 4.90 Å². The van der Waals surface area contributed by atoms with E-state index in [9.17, 15) is 8.42 Å². The highest BCUT2D eigenvalue weighted by atomic mass is 79.9. The second kappa shape index (κ2) is 8.16. The zero-order valence-electron chi connectivity index (χ0n) is 13.3. The molecule has 0 unspecified atom stereocenters. The van der Waals surface area contributed by atoms with Crippen LogP contribution >= 0.6 is 31.9 Å². The molecule has 132 valence electrons. The largest absolute Gasteiger partial charge is 0.377 e. The first-order valence-corrected chi connectivity index (χ1v) is 10.5. The predicted molar refractivity (Wildman–Crippen MR) is 110 cm³/mol. The molecule has 0 amide bonds. The van der Waals surface area contributed by atoms with E-state index < -0.39 is 10.1 Å². The van der Waals surface area contributed by atoms with Crippen molar-refractivity contribution in [3.8, 4) is 5.75 Å². The van der Waals surface area contributed by atoms with E-state index >= 15 is 0 Å². The van der Waals surface area contributed by atoms with Crippen LogP contribution in [0.25, 0.3) is 0 Å². The Kier molecular flexibility index (Phi) is 5.90. The van der Waals surface area contributed by atoms with Gasteiger partial charge in [0.15, 0.2) is 5.75 Å². The minimum atomic E-state index is -3.92. The minimum Gasteiger partial charge on any atom is -0.377 e. The Bertz CT molecular complexity index is 1010. The van der Waals surface area contributed by atoms with Gasteiger partial charge in [-0.25, -0.2) is 0 Å². The second-order valence-corrected chi connectivity index (χ2v) is 8.51. The normalized spacial score (nSPS) is 11.6. The molecule has 0 heterocycles. The first-order valence-electron chi connectivity index (χ1n) is 7.53. The van der Waals surface area contributed by atoms with Gasteiger partial charge in [0.25, 0.3) is 0 Å². The van der Waals surface area contributed by atoms with Gasteiger partial charge in [-0.3, -0.25) is 4.99 Å². The average Bonchev–Trinajstić information content (AvgIpc) is 2.65. The Hall–Kier alpha value is -1.96. The van der Waals surface area contributed by atoms with Crippen LogP contribution in [-0.2, 0) is 10.1 Å². The fraction of sp³-hybridized carbons (Fsp3) is 0. The fourth-order valence-electron chi connectivity index (χ4n) is 2.14. The van der Waals surface area contributed by atoms with Gasteiger partial charge < -0.3 is 4.18 Å². The summed E-state index contributed by atoms with van der Waals surface area (Å²) in [6.45, 7) is 0. The second-order valence-electron chi connectivity index (χ2n) is 5.26. The SMILES string of the molecule is O=S(=O)(Oc1c(Br)cc(C=Nc2ccccc2)cc1Br)c1ccccc1. The van der Waals surface area contributed by atoms with Crippen molar-refractivity contribution in [2.24, 2.45) is 4.99 Å². The molecule has 0 saturated heterocycles. The predicted octanol–water partition coefficient (Wildman–Crippen LogP) is 5.73. The van der Waals surface area contributed by atoms with Crippen LogP contribution in [-0.4, -0.2) is 14.6 Å². The third kappa shape index (κ3) is 4.60. The van der Waals surface area contributed by atoms with Crippen LogP contribution in [0.3, 0.4) is 0 Å². The lowest BCUT2D eigenvalue weighted by Gasteiger charge is -2.11. The van der Waals surface area contributed by atoms with Crippen LogP contribution < -0.4 is 4.18 Å². The molecule has 0 aromatic heterocycles. The molecule has 0 fully saturated rings. The van der Waals surface area contributed by atoms with Gasteiger partial charge in [-0.2, -0.15) is 8.42 Å². The zero-order valence-corrected chi connectivity index (χ0v) is 17.3. The van der Waals surface area contributed by atoms with Crippen molar-refractivity contribution >= 4 is 53.9 Å². The molecule has 0 aliphatic carbocycles. The Morgan fingerprint density at radius 2 is 1.38 bits per heavy atom. The smallest absolute Gasteiger partial charge is 0.339 e. The lowest BCUT2D eigenvalue weighted by Crippen LogP contribution is -2.10. The Balaban J connectivity index is 1.87. The van der Waals surface area contributed by atoms with Gasteiger partial charge in [0.05, 0.1) is 14.6 Å². The molecule has 0 N–H and O–H groups in total. The van der Waals surface area contributed by atoms with Crippen LogP contribution in [0.15, 0.2) is 91.6 Å². The van der Waals surface area contributed by atoms with E-state index in [0.29, 0.717) is 8.95 Å². The van der Waals surface area contributed by atoms with Crippen molar-refractivity contribution in [1.82, 2.24) is 0 Å². The van der Waals surface area contributed by atoms with Crippen molar-refractivity contribution in [3.05, 3.63) is 87.3 Å². The summed E-state index contributed by atoms with van der Waals surface area (Å²) in [6, 6.07) is 21.0. The summed E-state index contributed by atoms with van der Waals surface area (Å²) in [5, 5.41) is 0. The van der Waals surface area contributed by atoms with E-state index in [1.165, 1.54) is 12.1 Å². The number of hydrogen-bond donors (Lipinski definition) is 0. The first-order chi connectivity index (χ1) is 12.5. The highest BCUT2D eigenvalue weighted by Gasteiger charge is 2.20. The summed E-state index contributed by atoms with van der Waals surface area (Å²) >= 11 is 6.74. The fourth-order valence-corrected chi connectivity index (χ4v) is 4.73. The van der Waals surface area contributed by atoms with Crippen molar-refractivity contribution in [2.75, 3.05) is 0 Å². The molecule has 0 saturated carbocycles. The number of hydrogen-bond acceptors (Lipinski definition) is 4. The van der Waals surface area contributed by atoms with E-state index in [2.05, 4.69) is 36.9 Å². The van der Waals surface area contributed by atoms with E-state index in [1.54, 1.807) is 36.5 Å². The van der Waals surface area contributed by atoms with Crippen LogP contribution in [0.2, 0.25) is 0 Å². The van der Waals surface area contributed by atoms with Crippen molar-refractivity contribution < 1.29 is 12.6 Å². The first kappa shape index (κ1) is 18.8. The van der Waals surface area contributed by atoms with Crippen LogP contribution in [0.5, 0.6) is 5.75 Å². The zero-order chi connectivity index (χ0) is 18.6. The molecular formula is C19H13Br2NO3S. The van der Waals surface area contributed by atoms with E-state index in [1.807, 2.05) is 30.3 Å². The van der Waals surface area contributed by atoms with Crippen molar-refractivity contribution in [3.63, 3.8) is 0 Å². The number of rotatable bonds is 5. The molecule has 4 nitrogen and oxygen atoms in total. The van der Waals surface area contributed by atoms with E-state index in [4.69, 9.17) is 4.18 Å². The topological polar surface area (TPSA) is 55.7 Å². The number of aliphatic imine (C=N–C) groups is 1. The molecule has 0 spiro atoms. The Morgan fingerprint density at radius 1 is 0.846 bits per heavy atom. The number of benzene rings is 3. The van der Waals surface area contributed by atoms with Gasteiger partial charge in [-0.1, -0.05) is 36.4 Å². The highest BCUT2D eigenvalue weighted by molar-refractivity contribution is 9.11. The van der Waals surface area contributed by atoms with Crippen LogP contribution in [0, 0.1) is 0 Å². The number of para-hydroxylation sites is 1. The van der Waals surface area contributed by atoms with E-state index in [0.717, 1.165) is 11.3 Å². The summed E-state index contributed by atoms with van der Waals surface area (Å²) in [7, 11) is -3.92. The molecule has 3 aromatic rings. The Morgan fingerprint density at radius 3 is 1.96 bits per heavy atom. The van der Waals surface area contributed by atoms with Gasteiger partial charge >= 0.3 is 10.1 Å². The molecule has 0 aliphatic heterocycles. The quantitative estimate of drug-likeness (QED) is 0.336. The van der Waals surface area contributed by atoms with E-state index in [-0.39, 0.29) is 10.6 Å². The molecule has 26 heavy (non-hydrogen) atoms. The molecule has 0 bridgehead atoms. The summed E-state index contributed by atoms with van der Waals surface area (Å²) in [5.41, 5.74) is 1.61. The number of nitrogens with zero attached hydrogens (tertiary/aromatic N) is 1.